The van der Waals surface area contributed by atoms with Gasteiger partial charge in [-0.25, -0.2) is 4.79 Å². The number of rotatable bonds is 10. The first-order valence-corrected chi connectivity index (χ1v) is 13.8. The van der Waals surface area contributed by atoms with E-state index in [-0.39, 0.29) is 18.9 Å². The number of carbonyl (C=O) groups is 4. The molecule has 216 valence electrons. The molecule has 4 N–H and O–H groups in total. The van der Waals surface area contributed by atoms with Crippen molar-refractivity contribution in [1.82, 2.24) is 10.2 Å². The lowest BCUT2D eigenvalue weighted by Crippen LogP contribution is -2.53. The first-order valence-electron chi connectivity index (χ1n) is 13.4. The van der Waals surface area contributed by atoms with E-state index in [1.807, 2.05) is 45.0 Å². The van der Waals surface area contributed by atoms with E-state index in [1.165, 1.54) is 4.90 Å². The Kier molecular flexibility index (Phi) is 9.84. The Morgan fingerprint density at radius 3 is 2.33 bits per heavy atom. The molecule has 0 radical (unpaired) electrons. The van der Waals surface area contributed by atoms with Crippen LogP contribution in [-0.2, 0) is 19.1 Å². The average molecular weight is 571 g/mol. The standard InChI is InChI=1S/C30H39ClN4O5/c1-17-10-11-18(2)21(16-17)26(27(37)34-25-19(3)8-7-9-22(25)31)35(20-12-13-20)28(38)23(14-15-24(32)36)33-29(39)40-30(4,5)6/h7-11,16,20,23,26H,12-15H2,1-6H3,(H2,32,36)(H,33,39)(H,34,37). The van der Waals surface area contributed by atoms with Gasteiger partial charge in [0.1, 0.15) is 17.7 Å². The number of nitrogens with two attached hydrogens (primary N) is 1. The maximum absolute atomic E-state index is 14.2. The van der Waals surface area contributed by atoms with Crippen molar-refractivity contribution in [3.05, 3.63) is 63.7 Å². The van der Waals surface area contributed by atoms with Gasteiger partial charge in [0.05, 0.1) is 10.7 Å². The van der Waals surface area contributed by atoms with Gasteiger partial charge in [0.2, 0.25) is 11.8 Å². The van der Waals surface area contributed by atoms with Crippen LogP contribution < -0.4 is 16.4 Å². The fourth-order valence-corrected chi connectivity index (χ4v) is 4.77. The number of benzene rings is 2. The molecule has 2 atom stereocenters. The highest BCUT2D eigenvalue weighted by Crippen LogP contribution is 2.38. The Morgan fingerprint density at radius 2 is 1.75 bits per heavy atom. The lowest BCUT2D eigenvalue weighted by atomic mass is 9.95. The predicted octanol–water partition coefficient (Wildman–Crippen LogP) is 5.09. The van der Waals surface area contributed by atoms with E-state index in [9.17, 15) is 19.2 Å². The largest absolute Gasteiger partial charge is 0.444 e. The number of aryl methyl sites for hydroxylation is 3. The van der Waals surface area contributed by atoms with Gasteiger partial charge in [-0.05, 0) is 83.6 Å². The van der Waals surface area contributed by atoms with Gasteiger partial charge < -0.3 is 26.0 Å². The van der Waals surface area contributed by atoms with Gasteiger partial charge >= 0.3 is 6.09 Å². The van der Waals surface area contributed by atoms with Crippen LogP contribution in [0.2, 0.25) is 5.02 Å². The summed E-state index contributed by atoms with van der Waals surface area (Å²) in [6, 6.07) is 8.67. The van der Waals surface area contributed by atoms with Gasteiger partial charge in [-0.15, -0.1) is 0 Å². The Morgan fingerprint density at radius 1 is 1.07 bits per heavy atom. The number of primary amides is 1. The smallest absolute Gasteiger partial charge is 0.408 e. The summed E-state index contributed by atoms with van der Waals surface area (Å²) in [6.45, 7) is 10.8. The number of hydrogen-bond donors (Lipinski definition) is 3. The van der Waals surface area contributed by atoms with Crippen molar-refractivity contribution < 1.29 is 23.9 Å². The number of para-hydroxylation sites is 1. The van der Waals surface area contributed by atoms with E-state index in [0.29, 0.717) is 29.1 Å². The number of ether oxygens (including phenoxy) is 1. The van der Waals surface area contributed by atoms with Crippen LogP contribution in [0, 0.1) is 20.8 Å². The number of halogens is 1. The highest BCUT2D eigenvalue weighted by atomic mass is 35.5. The molecule has 0 spiro atoms. The summed E-state index contributed by atoms with van der Waals surface area (Å²) in [6.07, 6.45) is 0.414. The minimum atomic E-state index is -1.13. The van der Waals surface area contributed by atoms with Crippen LogP contribution in [0.3, 0.4) is 0 Å². The van der Waals surface area contributed by atoms with Crippen molar-refractivity contribution in [1.29, 1.82) is 0 Å². The lowest BCUT2D eigenvalue weighted by molar-refractivity contribution is -0.141. The zero-order valence-corrected chi connectivity index (χ0v) is 24.7. The molecule has 2 aromatic carbocycles. The van der Waals surface area contributed by atoms with Crippen molar-refractivity contribution in [2.75, 3.05) is 5.32 Å². The van der Waals surface area contributed by atoms with Crippen LogP contribution in [0.4, 0.5) is 10.5 Å². The molecule has 1 saturated carbocycles. The molecule has 0 aliphatic heterocycles. The first kappa shape index (κ1) is 30.9. The minimum absolute atomic E-state index is 0.0403. The summed E-state index contributed by atoms with van der Waals surface area (Å²) in [5.41, 5.74) is 8.24. The number of anilines is 1. The lowest BCUT2D eigenvalue weighted by Gasteiger charge is -2.35. The van der Waals surface area contributed by atoms with Crippen molar-refractivity contribution in [2.45, 2.75) is 91.0 Å². The molecule has 0 bridgehead atoms. The Bertz CT molecular complexity index is 1270. The van der Waals surface area contributed by atoms with E-state index >= 15 is 0 Å². The quantitative estimate of drug-likeness (QED) is 0.366. The van der Waals surface area contributed by atoms with Crippen molar-refractivity contribution in [3.8, 4) is 0 Å². The summed E-state index contributed by atoms with van der Waals surface area (Å²) in [5.74, 6) is -1.54. The first-order chi connectivity index (χ1) is 18.7. The fourth-order valence-electron chi connectivity index (χ4n) is 4.50. The van der Waals surface area contributed by atoms with Crippen molar-refractivity contribution >= 4 is 41.1 Å². The third-order valence-electron chi connectivity index (χ3n) is 6.59. The minimum Gasteiger partial charge on any atom is -0.444 e. The Labute approximate surface area is 240 Å². The van der Waals surface area contributed by atoms with Gasteiger partial charge in [0, 0.05) is 12.5 Å². The zero-order valence-electron chi connectivity index (χ0n) is 24.0. The topological polar surface area (TPSA) is 131 Å². The van der Waals surface area contributed by atoms with Crippen molar-refractivity contribution in [2.24, 2.45) is 5.73 Å². The van der Waals surface area contributed by atoms with Crippen LogP contribution in [-0.4, -0.2) is 46.4 Å². The average Bonchev–Trinajstić information content (AvgIpc) is 3.67. The van der Waals surface area contributed by atoms with Crippen molar-refractivity contribution in [3.63, 3.8) is 0 Å². The molecule has 2 unspecified atom stereocenters. The molecular weight excluding hydrogens is 532 g/mol. The second-order valence-electron chi connectivity index (χ2n) is 11.4. The highest BCUT2D eigenvalue weighted by molar-refractivity contribution is 6.34. The fraction of sp³-hybridized carbons (Fsp3) is 0.467. The molecule has 4 amide bonds. The molecular formula is C30H39ClN4O5. The second kappa shape index (κ2) is 12.7. The number of nitrogens with zero attached hydrogens (tertiary/aromatic N) is 1. The number of nitrogens with one attached hydrogen (secondary N) is 2. The molecule has 1 aliphatic carbocycles. The van der Waals surface area contributed by atoms with E-state index in [0.717, 1.165) is 16.7 Å². The van der Waals surface area contributed by atoms with Gasteiger partial charge in [-0.1, -0.05) is 47.5 Å². The van der Waals surface area contributed by atoms with Gasteiger partial charge in [0.25, 0.3) is 5.91 Å². The van der Waals surface area contributed by atoms with E-state index in [2.05, 4.69) is 10.6 Å². The molecule has 1 fully saturated rings. The molecule has 40 heavy (non-hydrogen) atoms. The normalized spacial score (nSPS) is 14.6. The second-order valence-corrected chi connectivity index (χ2v) is 11.8. The number of hydrogen-bond acceptors (Lipinski definition) is 5. The molecule has 1 aliphatic rings. The number of amides is 4. The van der Waals surface area contributed by atoms with Gasteiger partial charge in [0.15, 0.2) is 0 Å². The zero-order chi connectivity index (χ0) is 29.8. The molecule has 2 aromatic rings. The summed E-state index contributed by atoms with van der Waals surface area (Å²) in [4.78, 5) is 54.2. The molecule has 0 aromatic heterocycles. The summed E-state index contributed by atoms with van der Waals surface area (Å²) < 4.78 is 5.38. The van der Waals surface area contributed by atoms with Gasteiger partial charge in [-0.3, -0.25) is 14.4 Å². The molecule has 0 heterocycles. The van der Waals surface area contributed by atoms with Crippen LogP contribution in [0.1, 0.15) is 74.8 Å². The van der Waals surface area contributed by atoms with E-state index in [1.54, 1.807) is 32.9 Å². The van der Waals surface area contributed by atoms with Gasteiger partial charge in [-0.2, -0.15) is 0 Å². The van der Waals surface area contributed by atoms with Crippen LogP contribution in [0.15, 0.2) is 36.4 Å². The summed E-state index contributed by atoms with van der Waals surface area (Å²) in [5, 5.41) is 5.95. The third-order valence-corrected chi connectivity index (χ3v) is 6.90. The number of alkyl carbamates (subject to hydrolysis) is 1. The highest BCUT2D eigenvalue weighted by Gasteiger charge is 2.44. The van der Waals surface area contributed by atoms with E-state index < -0.39 is 41.5 Å². The molecule has 10 heteroatoms. The summed E-state index contributed by atoms with van der Waals surface area (Å²) >= 11 is 6.43. The number of carbonyl (C=O) groups excluding carboxylic acids is 4. The van der Waals surface area contributed by atoms with Crippen LogP contribution >= 0.6 is 11.6 Å². The van der Waals surface area contributed by atoms with Crippen LogP contribution in [0.5, 0.6) is 0 Å². The SMILES string of the molecule is Cc1ccc(C)c(C(C(=O)Nc2c(C)cccc2Cl)N(C(=O)C(CCC(N)=O)NC(=O)OC(C)(C)C)C2CC2)c1. The predicted molar refractivity (Wildman–Crippen MR) is 155 cm³/mol. The Hall–Kier alpha value is -3.59. The maximum Gasteiger partial charge on any atom is 0.408 e. The molecule has 9 nitrogen and oxygen atoms in total. The van der Waals surface area contributed by atoms with Crippen LogP contribution in [0.25, 0.3) is 0 Å². The third kappa shape index (κ3) is 8.21. The summed E-state index contributed by atoms with van der Waals surface area (Å²) in [7, 11) is 0. The molecule has 3 rings (SSSR count). The monoisotopic (exact) mass is 570 g/mol. The van der Waals surface area contributed by atoms with E-state index in [4.69, 9.17) is 22.1 Å². The Balaban J connectivity index is 2.07. The maximum atomic E-state index is 14.2. The molecule has 0 saturated heterocycles.